The lowest BCUT2D eigenvalue weighted by molar-refractivity contribution is 0.739. The maximum Gasteiger partial charge on any atom is 0.108 e. The molecule has 6 aromatic rings. The normalized spacial score (nSPS) is 15.4. The summed E-state index contributed by atoms with van der Waals surface area (Å²) < 4.78 is 2.48. The molecule has 0 amide bonds. The molecule has 0 saturated heterocycles. The number of allylic oxidation sites excluding steroid dienone is 3. The lowest BCUT2D eigenvalue weighted by Crippen LogP contribution is -2.38. The second-order valence-electron chi connectivity index (χ2n) is 11.2. The van der Waals surface area contributed by atoms with Crippen LogP contribution < -0.4 is 9.80 Å². The van der Waals surface area contributed by atoms with Crippen LogP contribution >= 0.6 is 0 Å². The van der Waals surface area contributed by atoms with Gasteiger partial charge >= 0.3 is 0 Å². The Hall–Kier alpha value is -5.28. The fourth-order valence-corrected chi connectivity index (χ4v) is 7.15. The molecule has 5 aromatic carbocycles. The second-order valence-corrected chi connectivity index (χ2v) is 11.2. The molecule has 0 N–H and O–H groups in total. The fourth-order valence-electron chi connectivity index (χ4n) is 7.15. The molecule has 0 aliphatic carbocycles. The third kappa shape index (κ3) is 3.22. The third-order valence-electron chi connectivity index (χ3n) is 8.96. The van der Waals surface area contributed by atoms with Crippen molar-refractivity contribution in [1.29, 1.82) is 0 Å². The molecule has 1 atom stereocenters. The standard InChI is InChI=1S/C39H31N3/c1-5-14-25(2)26(3)40-27(4)41-34-21-9-6-15-28(34)29-16-7-10-22-35(29)42-36-23-11-8-17-30(36)31-18-12-19-32(38(31)42)33-20-13-24-37(40)39(33)41/h5-24,27H,1,3H2,2,4H3/b25-14-/t27-/m1/s1. The summed E-state index contributed by atoms with van der Waals surface area (Å²) in [5.74, 6) is 0. The van der Waals surface area contributed by atoms with Crippen molar-refractivity contribution in [2.75, 3.05) is 9.80 Å². The van der Waals surface area contributed by atoms with Crippen molar-refractivity contribution in [2.24, 2.45) is 0 Å². The fraction of sp³-hybridized carbons (Fsp3) is 0.0769. The molecule has 1 aromatic heterocycles. The zero-order valence-electron chi connectivity index (χ0n) is 23.9. The number of nitrogens with zero attached hydrogens (tertiary/aromatic N) is 3. The number of para-hydroxylation sites is 5. The van der Waals surface area contributed by atoms with Crippen LogP contribution in [0, 0.1) is 0 Å². The summed E-state index contributed by atoms with van der Waals surface area (Å²) in [7, 11) is 0. The van der Waals surface area contributed by atoms with E-state index in [1.807, 2.05) is 12.2 Å². The van der Waals surface area contributed by atoms with Gasteiger partial charge in [0.25, 0.3) is 0 Å². The molecule has 2 aliphatic rings. The van der Waals surface area contributed by atoms with Crippen LogP contribution in [0.1, 0.15) is 13.8 Å². The highest BCUT2D eigenvalue weighted by Crippen LogP contribution is 2.55. The summed E-state index contributed by atoms with van der Waals surface area (Å²) in [5, 5.41) is 2.52. The van der Waals surface area contributed by atoms with Crippen molar-refractivity contribution in [3.63, 3.8) is 0 Å². The van der Waals surface area contributed by atoms with Gasteiger partial charge in [-0.25, -0.2) is 0 Å². The molecule has 42 heavy (non-hydrogen) atoms. The molecule has 0 bridgehead atoms. The Kier molecular flexibility index (Phi) is 5.32. The Morgan fingerprint density at radius 1 is 0.667 bits per heavy atom. The van der Waals surface area contributed by atoms with Crippen LogP contribution in [0.5, 0.6) is 0 Å². The largest absolute Gasteiger partial charge is 0.319 e. The first-order chi connectivity index (χ1) is 20.6. The lowest BCUT2D eigenvalue weighted by atomic mass is 9.95. The van der Waals surface area contributed by atoms with Gasteiger partial charge in [-0.1, -0.05) is 110 Å². The maximum absolute atomic E-state index is 4.58. The third-order valence-corrected chi connectivity index (χ3v) is 8.96. The van der Waals surface area contributed by atoms with E-state index in [9.17, 15) is 0 Å². The molecule has 2 aliphatic heterocycles. The van der Waals surface area contributed by atoms with Crippen LogP contribution in [0.15, 0.2) is 146 Å². The van der Waals surface area contributed by atoms with Crippen LogP contribution in [0.25, 0.3) is 49.7 Å². The zero-order chi connectivity index (χ0) is 28.5. The molecule has 3 nitrogen and oxygen atoms in total. The molecule has 0 fully saturated rings. The van der Waals surface area contributed by atoms with Crippen LogP contribution in [0.4, 0.5) is 17.1 Å². The smallest absolute Gasteiger partial charge is 0.108 e. The van der Waals surface area contributed by atoms with E-state index in [2.05, 4.69) is 151 Å². The van der Waals surface area contributed by atoms with Crippen LogP contribution in [-0.2, 0) is 0 Å². The highest BCUT2D eigenvalue weighted by Gasteiger charge is 2.39. The molecule has 0 spiro atoms. The van der Waals surface area contributed by atoms with Gasteiger partial charge in [0, 0.05) is 38.7 Å². The van der Waals surface area contributed by atoms with E-state index in [1.54, 1.807) is 0 Å². The van der Waals surface area contributed by atoms with Crippen molar-refractivity contribution in [1.82, 2.24) is 4.57 Å². The van der Waals surface area contributed by atoms with Gasteiger partial charge in [-0.2, -0.15) is 0 Å². The number of hydrogen-bond acceptors (Lipinski definition) is 2. The number of anilines is 3. The van der Waals surface area contributed by atoms with E-state index in [0.717, 1.165) is 17.0 Å². The molecule has 8 rings (SSSR count). The predicted molar refractivity (Wildman–Crippen MR) is 179 cm³/mol. The molecular formula is C39H31N3. The van der Waals surface area contributed by atoms with Crippen LogP contribution in [0.3, 0.4) is 0 Å². The van der Waals surface area contributed by atoms with E-state index in [0.29, 0.717) is 0 Å². The monoisotopic (exact) mass is 541 g/mol. The Balaban J connectivity index is 1.58. The highest BCUT2D eigenvalue weighted by molar-refractivity contribution is 6.16. The zero-order valence-corrected chi connectivity index (χ0v) is 23.9. The van der Waals surface area contributed by atoms with Gasteiger partial charge in [0.15, 0.2) is 0 Å². The number of fused-ring (bicyclic) bond motifs is 9. The Morgan fingerprint density at radius 2 is 1.26 bits per heavy atom. The molecule has 3 heteroatoms. The first kappa shape index (κ1) is 24.5. The van der Waals surface area contributed by atoms with E-state index in [4.69, 9.17) is 0 Å². The maximum atomic E-state index is 4.58. The number of aromatic nitrogens is 1. The Labute approximate surface area is 246 Å². The molecule has 3 heterocycles. The number of rotatable bonds is 3. The van der Waals surface area contributed by atoms with Gasteiger partial charge < -0.3 is 14.4 Å². The Morgan fingerprint density at radius 3 is 2.07 bits per heavy atom. The highest BCUT2D eigenvalue weighted by atomic mass is 15.4. The quantitative estimate of drug-likeness (QED) is 0.207. The van der Waals surface area contributed by atoms with Crippen molar-refractivity contribution >= 4 is 38.9 Å². The van der Waals surface area contributed by atoms with Crippen molar-refractivity contribution in [3.05, 3.63) is 146 Å². The summed E-state index contributed by atoms with van der Waals surface area (Å²) in [4.78, 5) is 4.89. The topological polar surface area (TPSA) is 11.4 Å². The minimum absolute atomic E-state index is 0.000356. The summed E-state index contributed by atoms with van der Waals surface area (Å²) in [6.07, 6.45) is 3.88. The minimum Gasteiger partial charge on any atom is -0.319 e. The van der Waals surface area contributed by atoms with E-state index < -0.39 is 0 Å². The van der Waals surface area contributed by atoms with Gasteiger partial charge in [0.2, 0.25) is 0 Å². The molecular weight excluding hydrogens is 510 g/mol. The van der Waals surface area contributed by atoms with Crippen LogP contribution in [0.2, 0.25) is 0 Å². The van der Waals surface area contributed by atoms with E-state index >= 15 is 0 Å². The van der Waals surface area contributed by atoms with Gasteiger partial charge in [-0.15, -0.1) is 0 Å². The number of hydrogen-bond donors (Lipinski definition) is 0. The first-order valence-electron chi connectivity index (χ1n) is 14.5. The van der Waals surface area contributed by atoms with E-state index in [-0.39, 0.29) is 6.17 Å². The average Bonchev–Trinajstić information content (AvgIpc) is 3.52. The number of benzene rings is 5. The van der Waals surface area contributed by atoms with Gasteiger partial charge in [-0.05, 0) is 43.7 Å². The summed E-state index contributed by atoms with van der Waals surface area (Å²) >= 11 is 0. The second kappa shape index (κ2) is 9.12. The summed E-state index contributed by atoms with van der Waals surface area (Å²) in [6.45, 7) is 12.9. The first-order valence-corrected chi connectivity index (χ1v) is 14.5. The summed E-state index contributed by atoms with van der Waals surface area (Å²) in [6, 6.07) is 39.9. The van der Waals surface area contributed by atoms with E-state index in [1.165, 1.54) is 61.1 Å². The lowest BCUT2D eigenvalue weighted by Gasteiger charge is -2.33. The minimum atomic E-state index is -0.000356. The van der Waals surface area contributed by atoms with Crippen molar-refractivity contribution in [2.45, 2.75) is 20.0 Å². The predicted octanol–water partition coefficient (Wildman–Crippen LogP) is 10.4. The Bertz CT molecular complexity index is 2130. The van der Waals surface area contributed by atoms with Gasteiger partial charge in [-0.3, -0.25) is 0 Å². The van der Waals surface area contributed by atoms with Crippen molar-refractivity contribution < 1.29 is 0 Å². The van der Waals surface area contributed by atoms with Gasteiger partial charge in [0.05, 0.1) is 33.8 Å². The van der Waals surface area contributed by atoms with Crippen molar-refractivity contribution in [3.8, 4) is 27.9 Å². The molecule has 0 radical (unpaired) electrons. The average molecular weight is 542 g/mol. The van der Waals surface area contributed by atoms with Crippen LogP contribution in [-0.4, -0.2) is 10.7 Å². The summed E-state index contributed by atoms with van der Waals surface area (Å²) in [5.41, 5.74) is 14.1. The van der Waals surface area contributed by atoms with Gasteiger partial charge in [0.1, 0.15) is 6.17 Å². The molecule has 0 saturated carbocycles. The molecule has 0 unspecified atom stereocenters. The molecule has 202 valence electrons. The SMILES string of the molecule is C=C/C=C(/C)C(=C)N1c2cccc3c2N(c2ccccc2-c2ccccc2-n2c4ccccc4c4cccc-3c42)[C@@H]1C.